The van der Waals surface area contributed by atoms with Crippen LogP contribution < -0.4 is 5.32 Å². The van der Waals surface area contributed by atoms with E-state index in [2.05, 4.69) is 26.2 Å². The number of thiophene rings is 1. The third-order valence-corrected chi connectivity index (χ3v) is 6.58. The van der Waals surface area contributed by atoms with Crippen molar-refractivity contribution in [1.29, 1.82) is 0 Å². The number of halogens is 2. The van der Waals surface area contributed by atoms with Gasteiger partial charge < -0.3 is 0 Å². The van der Waals surface area contributed by atoms with E-state index in [9.17, 15) is 4.79 Å². The van der Waals surface area contributed by atoms with Crippen molar-refractivity contribution in [2.75, 3.05) is 5.32 Å². The highest BCUT2D eigenvalue weighted by Crippen LogP contribution is 2.36. The Kier molecular flexibility index (Phi) is 3.85. The number of aromatic nitrogens is 1. The van der Waals surface area contributed by atoms with Gasteiger partial charge in [0.15, 0.2) is 5.13 Å². The van der Waals surface area contributed by atoms with Crippen LogP contribution in [0.4, 0.5) is 5.13 Å². The predicted octanol–water partition coefficient (Wildman–Crippen LogP) is 6.18. The van der Waals surface area contributed by atoms with Gasteiger partial charge in [-0.05, 0) is 34.1 Å². The van der Waals surface area contributed by atoms with Crippen LogP contribution in [0.25, 0.3) is 20.3 Å². The van der Waals surface area contributed by atoms with Crippen molar-refractivity contribution in [3.63, 3.8) is 0 Å². The lowest BCUT2D eigenvalue weighted by Crippen LogP contribution is -2.10. The molecule has 4 aromatic rings. The molecular formula is C16H8BrClN2OS2. The lowest BCUT2D eigenvalue weighted by Gasteiger charge is -1.98. The Morgan fingerprint density at radius 2 is 1.87 bits per heavy atom. The lowest BCUT2D eigenvalue weighted by atomic mass is 10.2. The van der Waals surface area contributed by atoms with Gasteiger partial charge >= 0.3 is 0 Å². The summed E-state index contributed by atoms with van der Waals surface area (Å²) in [7, 11) is 0. The Labute approximate surface area is 153 Å². The fraction of sp³-hybridized carbons (Fsp3) is 0. The molecule has 0 spiro atoms. The molecule has 0 bridgehead atoms. The van der Waals surface area contributed by atoms with Crippen molar-refractivity contribution in [1.82, 2.24) is 4.98 Å². The maximum absolute atomic E-state index is 12.5. The molecule has 0 saturated carbocycles. The number of rotatable bonds is 2. The molecule has 0 aliphatic rings. The first-order valence-corrected chi connectivity index (χ1v) is 9.47. The average Bonchev–Trinajstić information content (AvgIpc) is 3.10. The van der Waals surface area contributed by atoms with Crippen LogP contribution in [-0.4, -0.2) is 10.9 Å². The van der Waals surface area contributed by atoms with Crippen LogP contribution in [0.5, 0.6) is 0 Å². The topological polar surface area (TPSA) is 42.0 Å². The summed E-state index contributed by atoms with van der Waals surface area (Å²) in [5, 5.41) is 4.80. The first-order chi connectivity index (χ1) is 11.1. The van der Waals surface area contributed by atoms with Crippen molar-refractivity contribution in [2.24, 2.45) is 0 Å². The molecule has 0 fully saturated rings. The predicted molar refractivity (Wildman–Crippen MR) is 102 cm³/mol. The number of fused-ring (bicyclic) bond motifs is 2. The number of benzene rings is 2. The van der Waals surface area contributed by atoms with Crippen LogP contribution in [-0.2, 0) is 0 Å². The summed E-state index contributed by atoms with van der Waals surface area (Å²) < 4.78 is 2.92. The number of thiazole rings is 1. The van der Waals surface area contributed by atoms with Crippen LogP contribution in [0.2, 0.25) is 5.02 Å². The van der Waals surface area contributed by atoms with Crippen molar-refractivity contribution in [2.45, 2.75) is 0 Å². The van der Waals surface area contributed by atoms with Crippen molar-refractivity contribution >= 4 is 81.5 Å². The molecule has 23 heavy (non-hydrogen) atoms. The summed E-state index contributed by atoms with van der Waals surface area (Å²) in [4.78, 5) is 17.5. The molecule has 0 unspecified atom stereocenters. The number of carbonyl (C=O) groups is 1. The molecule has 3 nitrogen and oxygen atoms in total. The Morgan fingerprint density at radius 1 is 1.09 bits per heavy atom. The van der Waals surface area contributed by atoms with Gasteiger partial charge in [0.05, 0.1) is 15.2 Å². The Bertz CT molecular complexity index is 1060. The van der Waals surface area contributed by atoms with Gasteiger partial charge in [-0.1, -0.05) is 47.2 Å². The van der Waals surface area contributed by atoms with Gasteiger partial charge in [0, 0.05) is 14.6 Å². The molecule has 0 saturated heterocycles. The summed E-state index contributed by atoms with van der Waals surface area (Å²) in [5.74, 6) is -0.230. The zero-order valence-electron chi connectivity index (χ0n) is 11.5. The number of para-hydroxylation sites is 1. The van der Waals surface area contributed by atoms with E-state index in [1.165, 1.54) is 22.7 Å². The van der Waals surface area contributed by atoms with Gasteiger partial charge in [-0.25, -0.2) is 4.98 Å². The largest absolute Gasteiger partial charge is 0.297 e. The summed E-state index contributed by atoms with van der Waals surface area (Å²) >= 11 is 12.6. The first-order valence-electron chi connectivity index (χ1n) is 6.67. The quantitative estimate of drug-likeness (QED) is 0.418. The highest BCUT2D eigenvalue weighted by atomic mass is 79.9. The Balaban J connectivity index is 1.70. The van der Waals surface area contributed by atoms with Gasteiger partial charge in [-0.3, -0.25) is 10.1 Å². The Hall–Kier alpha value is -1.47. The van der Waals surface area contributed by atoms with E-state index in [1.807, 2.05) is 42.5 Å². The second-order valence-corrected chi connectivity index (χ2v) is 8.12. The van der Waals surface area contributed by atoms with E-state index in [-0.39, 0.29) is 5.91 Å². The maximum atomic E-state index is 12.5. The number of hydrogen-bond acceptors (Lipinski definition) is 4. The summed E-state index contributed by atoms with van der Waals surface area (Å²) in [5.41, 5.74) is 0.843. The molecule has 4 rings (SSSR count). The molecule has 0 atom stereocenters. The fourth-order valence-corrected chi connectivity index (χ4v) is 5.17. The van der Waals surface area contributed by atoms with Crippen LogP contribution in [0, 0.1) is 0 Å². The highest BCUT2D eigenvalue weighted by Gasteiger charge is 2.18. The second-order valence-electron chi connectivity index (χ2n) is 4.80. The normalized spacial score (nSPS) is 11.2. The molecule has 2 aromatic carbocycles. The fourth-order valence-electron chi connectivity index (χ4n) is 2.28. The second kappa shape index (κ2) is 5.87. The Morgan fingerprint density at radius 3 is 2.65 bits per heavy atom. The van der Waals surface area contributed by atoms with Crippen LogP contribution in [0.15, 0.2) is 46.9 Å². The van der Waals surface area contributed by atoms with E-state index in [1.54, 1.807) is 0 Å². The van der Waals surface area contributed by atoms with Gasteiger partial charge in [0.2, 0.25) is 0 Å². The molecule has 0 aliphatic carbocycles. The van der Waals surface area contributed by atoms with Gasteiger partial charge in [0.25, 0.3) is 5.91 Å². The zero-order chi connectivity index (χ0) is 16.0. The van der Waals surface area contributed by atoms with Crippen LogP contribution >= 0.6 is 50.2 Å². The van der Waals surface area contributed by atoms with Crippen molar-refractivity contribution in [3.8, 4) is 0 Å². The SMILES string of the molecule is O=C(Nc1nc2c(Br)cccc2s1)c1sc2ccccc2c1Cl. The van der Waals surface area contributed by atoms with E-state index in [0.29, 0.717) is 15.0 Å². The van der Waals surface area contributed by atoms with E-state index in [4.69, 9.17) is 11.6 Å². The number of carbonyl (C=O) groups excluding carboxylic acids is 1. The molecule has 2 heterocycles. The molecule has 1 N–H and O–H groups in total. The smallest absolute Gasteiger partial charge is 0.269 e. The number of hydrogen-bond donors (Lipinski definition) is 1. The molecule has 2 aromatic heterocycles. The minimum atomic E-state index is -0.230. The number of nitrogens with one attached hydrogen (secondary N) is 1. The maximum Gasteiger partial charge on any atom is 0.269 e. The minimum absolute atomic E-state index is 0.230. The van der Waals surface area contributed by atoms with E-state index in [0.717, 1.165) is 24.8 Å². The molecular weight excluding hydrogens is 416 g/mol. The summed E-state index contributed by atoms with van der Waals surface area (Å²) in [6.45, 7) is 0. The lowest BCUT2D eigenvalue weighted by molar-refractivity contribution is 0.103. The third-order valence-electron chi connectivity index (χ3n) is 3.33. The number of anilines is 1. The minimum Gasteiger partial charge on any atom is -0.297 e. The average molecular weight is 424 g/mol. The van der Waals surface area contributed by atoms with Gasteiger partial charge in [-0.15, -0.1) is 11.3 Å². The third kappa shape index (κ3) is 2.65. The first kappa shape index (κ1) is 15.1. The van der Waals surface area contributed by atoms with Gasteiger partial charge in [0.1, 0.15) is 4.88 Å². The molecule has 0 radical (unpaired) electrons. The van der Waals surface area contributed by atoms with Crippen LogP contribution in [0.1, 0.15) is 9.67 Å². The molecule has 7 heteroatoms. The van der Waals surface area contributed by atoms with E-state index >= 15 is 0 Å². The van der Waals surface area contributed by atoms with Crippen molar-refractivity contribution < 1.29 is 4.79 Å². The van der Waals surface area contributed by atoms with Gasteiger partial charge in [-0.2, -0.15) is 0 Å². The summed E-state index contributed by atoms with van der Waals surface area (Å²) in [6.07, 6.45) is 0. The van der Waals surface area contributed by atoms with E-state index < -0.39 is 0 Å². The number of nitrogens with zero attached hydrogens (tertiary/aromatic N) is 1. The molecule has 1 amide bonds. The monoisotopic (exact) mass is 422 g/mol. The zero-order valence-corrected chi connectivity index (χ0v) is 15.4. The highest BCUT2D eigenvalue weighted by molar-refractivity contribution is 9.10. The molecule has 114 valence electrons. The van der Waals surface area contributed by atoms with Crippen molar-refractivity contribution in [3.05, 3.63) is 56.8 Å². The molecule has 0 aliphatic heterocycles. The standard InChI is InChI=1S/C16H8BrClN2OS2/c17-9-5-3-7-11-13(9)19-16(23-11)20-15(21)14-12(18)8-4-1-2-6-10(8)22-14/h1-7H,(H,19,20,21). The summed E-state index contributed by atoms with van der Waals surface area (Å²) in [6, 6.07) is 13.6. The van der Waals surface area contributed by atoms with Crippen LogP contribution in [0.3, 0.4) is 0 Å². The number of amides is 1.